The van der Waals surface area contributed by atoms with Crippen molar-refractivity contribution in [2.24, 2.45) is 4.99 Å². The molecule has 0 radical (unpaired) electrons. The van der Waals surface area contributed by atoms with E-state index in [0.29, 0.717) is 31.3 Å². The Balaban J connectivity index is 1.76. The second-order valence-corrected chi connectivity index (χ2v) is 6.85. The van der Waals surface area contributed by atoms with Crippen LogP contribution in [0.3, 0.4) is 0 Å². The van der Waals surface area contributed by atoms with E-state index in [1.807, 2.05) is 62.5 Å². The van der Waals surface area contributed by atoms with Gasteiger partial charge in [0.1, 0.15) is 23.0 Å². The molecule has 0 unspecified atom stereocenters. The van der Waals surface area contributed by atoms with Gasteiger partial charge in [-0.2, -0.15) is 0 Å². The maximum absolute atomic E-state index is 5.93. The highest BCUT2D eigenvalue weighted by atomic mass is 16.5. The van der Waals surface area contributed by atoms with Crippen LogP contribution in [0.1, 0.15) is 19.4 Å². The van der Waals surface area contributed by atoms with Crippen molar-refractivity contribution in [1.82, 2.24) is 5.01 Å². The molecule has 2 aromatic rings. The van der Waals surface area contributed by atoms with Gasteiger partial charge in [-0.05, 0) is 56.3 Å². The summed E-state index contributed by atoms with van der Waals surface area (Å²) in [4.78, 5) is 4.57. The monoisotopic (exact) mass is 421 g/mol. The van der Waals surface area contributed by atoms with Crippen molar-refractivity contribution >= 4 is 17.6 Å². The minimum absolute atomic E-state index is 0.575. The van der Waals surface area contributed by atoms with Crippen molar-refractivity contribution < 1.29 is 18.9 Å². The van der Waals surface area contributed by atoms with Gasteiger partial charge in [0.05, 0.1) is 39.7 Å². The number of methoxy groups -OCH3 is 2. The van der Waals surface area contributed by atoms with Crippen LogP contribution < -0.4 is 24.0 Å². The van der Waals surface area contributed by atoms with Crippen LogP contribution in [0.2, 0.25) is 0 Å². The summed E-state index contributed by atoms with van der Waals surface area (Å²) in [6.45, 7) is 5.79. The summed E-state index contributed by atoms with van der Waals surface area (Å²) >= 11 is 0. The van der Waals surface area contributed by atoms with E-state index in [9.17, 15) is 0 Å². The lowest BCUT2D eigenvalue weighted by molar-refractivity contribution is 0.328. The Morgan fingerprint density at radius 3 is 2.42 bits per heavy atom. The first-order valence-electron chi connectivity index (χ1n) is 10.3. The highest BCUT2D eigenvalue weighted by molar-refractivity contribution is 5.89. The molecule has 0 saturated heterocycles. The molecule has 0 spiro atoms. The number of hydrazine groups is 1. The van der Waals surface area contributed by atoms with E-state index in [1.54, 1.807) is 14.2 Å². The van der Waals surface area contributed by atoms with Crippen LogP contribution in [0.5, 0.6) is 23.0 Å². The highest BCUT2D eigenvalue weighted by Gasteiger charge is 2.32. The first-order chi connectivity index (χ1) is 15.2. The molecule has 0 amide bonds. The van der Waals surface area contributed by atoms with E-state index in [4.69, 9.17) is 18.9 Å². The van der Waals surface area contributed by atoms with Crippen molar-refractivity contribution in [3.8, 4) is 23.0 Å². The number of benzene rings is 2. The summed E-state index contributed by atoms with van der Waals surface area (Å²) in [5.41, 5.74) is 2.88. The normalized spacial score (nSPS) is 14.7. The summed E-state index contributed by atoms with van der Waals surface area (Å²) in [6.07, 6.45) is 5.90. The molecule has 2 aromatic carbocycles. The average Bonchev–Trinajstić information content (AvgIpc) is 3.24. The average molecular weight is 421 g/mol. The first-order valence-corrected chi connectivity index (χ1v) is 10.3. The molecular formula is C24H27N3O4. The van der Waals surface area contributed by atoms with Crippen molar-refractivity contribution in [2.75, 3.05) is 39.0 Å². The number of hydrogen-bond donors (Lipinski definition) is 0. The van der Waals surface area contributed by atoms with E-state index in [1.165, 1.54) is 0 Å². The van der Waals surface area contributed by atoms with Gasteiger partial charge in [0, 0.05) is 17.8 Å². The molecule has 2 heterocycles. The zero-order valence-corrected chi connectivity index (χ0v) is 18.3. The lowest BCUT2D eigenvalue weighted by Gasteiger charge is -2.36. The summed E-state index contributed by atoms with van der Waals surface area (Å²) in [5.74, 6) is 3.81. The standard InChI is InChI=1S/C24H27N3O4/c1-5-30-18-8-10-21(31-6-2)20(16-18)26-14-12-24-25-13-11-19(27(24)26)17-7-9-22(28-3)23(15-17)29-4/h7-13,15-16H,5-6,14H2,1-4H3. The molecule has 0 saturated carbocycles. The first kappa shape index (κ1) is 20.7. The van der Waals surface area contributed by atoms with Crippen molar-refractivity contribution in [2.45, 2.75) is 13.8 Å². The predicted molar refractivity (Wildman–Crippen MR) is 122 cm³/mol. The van der Waals surface area contributed by atoms with E-state index in [0.717, 1.165) is 34.3 Å². The van der Waals surface area contributed by atoms with Gasteiger partial charge in [-0.1, -0.05) is 0 Å². The van der Waals surface area contributed by atoms with Crippen LogP contribution >= 0.6 is 0 Å². The zero-order chi connectivity index (χ0) is 21.8. The molecule has 0 N–H and O–H groups in total. The van der Waals surface area contributed by atoms with Gasteiger partial charge in [0.2, 0.25) is 0 Å². The molecule has 0 aromatic heterocycles. The minimum Gasteiger partial charge on any atom is -0.494 e. The Bertz CT molecular complexity index is 1050. The molecule has 0 atom stereocenters. The van der Waals surface area contributed by atoms with Crippen molar-refractivity contribution in [1.29, 1.82) is 0 Å². The van der Waals surface area contributed by atoms with Gasteiger partial charge in [-0.3, -0.25) is 5.01 Å². The molecule has 162 valence electrons. The number of aliphatic imine (C=N–C) groups is 1. The largest absolute Gasteiger partial charge is 0.494 e. The highest BCUT2D eigenvalue weighted by Crippen LogP contribution is 2.42. The summed E-state index contributed by atoms with van der Waals surface area (Å²) in [6, 6.07) is 11.8. The Hall–Kier alpha value is -3.61. The predicted octanol–water partition coefficient (Wildman–Crippen LogP) is 4.51. The SMILES string of the molecule is CCOc1ccc(OCC)c(N2CC=C3N=CC=C(c4ccc(OC)c(OC)c4)N32)c1. The molecule has 31 heavy (non-hydrogen) atoms. The van der Waals surface area contributed by atoms with Crippen LogP contribution in [-0.2, 0) is 0 Å². The fourth-order valence-electron chi connectivity index (χ4n) is 3.73. The van der Waals surface area contributed by atoms with E-state index in [2.05, 4.69) is 21.1 Å². The quantitative estimate of drug-likeness (QED) is 0.625. The van der Waals surface area contributed by atoms with Crippen LogP contribution in [0.15, 0.2) is 59.4 Å². The van der Waals surface area contributed by atoms with Crippen molar-refractivity contribution in [3.05, 3.63) is 59.9 Å². The lowest BCUT2D eigenvalue weighted by Crippen LogP contribution is -2.37. The summed E-state index contributed by atoms with van der Waals surface area (Å²) in [7, 11) is 3.27. The summed E-state index contributed by atoms with van der Waals surface area (Å²) in [5, 5.41) is 4.23. The van der Waals surface area contributed by atoms with Crippen LogP contribution in [0.25, 0.3) is 5.70 Å². The van der Waals surface area contributed by atoms with Crippen LogP contribution in [-0.4, -0.2) is 45.2 Å². The maximum atomic E-state index is 5.93. The fraction of sp³-hybridized carbons (Fsp3) is 0.292. The molecule has 2 aliphatic heterocycles. The number of hydrogen-bond acceptors (Lipinski definition) is 7. The Morgan fingerprint density at radius 1 is 0.903 bits per heavy atom. The lowest BCUT2D eigenvalue weighted by atomic mass is 10.1. The van der Waals surface area contributed by atoms with E-state index < -0.39 is 0 Å². The molecule has 7 nitrogen and oxygen atoms in total. The third kappa shape index (κ3) is 3.91. The summed E-state index contributed by atoms with van der Waals surface area (Å²) < 4.78 is 22.6. The molecule has 7 heteroatoms. The third-order valence-corrected chi connectivity index (χ3v) is 5.07. The van der Waals surface area contributed by atoms with Gasteiger partial charge >= 0.3 is 0 Å². The molecule has 0 aliphatic carbocycles. The Kier molecular flexibility index (Phi) is 6.02. The molecule has 2 aliphatic rings. The number of rotatable bonds is 8. The van der Waals surface area contributed by atoms with Crippen molar-refractivity contribution in [3.63, 3.8) is 0 Å². The van der Waals surface area contributed by atoms with Gasteiger partial charge in [0.25, 0.3) is 0 Å². The molecular weight excluding hydrogens is 394 g/mol. The number of fused-ring (bicyclic) bond motifs is 1. The van der Waals surface area contributed by atoms with Gasteiger partial charge in [-0.15, -0.1) is 0 Å². The number of anilines is 1. The van der Waals surface area contributed by atoms with Gasteiger partial charge < -0.3 is 18.9 Å². The Labute approximate surface area is 182 Å². The molecule has 4 rings (SSSR count). The number of ether oxygens (including phenoxy) is 4. The van der Waals surface area contributed by atoms with E-state index in [-0.39, 0.29) is 0 Å². The number of nitrogens with zero attached hydrogens (tertiary/aromatic N) is 3. The van der Waals surface area contributed by atoms with Crippen LogP contribution in [0.4, 0.5) is 5.69 Å². The third-order valence-electron chi connectivity index (χ3n) is 5.07. The topological polar surface area (TPSA) is 55.8 Å². The number of allylic oxidation sites excluding steroid dienone is 1. The molecule has 0 bridgehead atoms. The second-order valence-electron chi connectivity index (χ2n) is 6.85. The van der Waals surface area contributed by atoms with Crippen LogP contribution in [0, 0.1) is 0 Å². The zero-order valence-electron chi connectivity index (χ0n) is 18.3. The molecule has 0 fully saturated rings. The van der Waals surface area contributed by atoms with Gasteiger partial charge in [-0.25, -0.2) is 10.0 Å². The second kappa shape index (κ2) is 9.04. The Morgan fingerprint density at radius 2 is 1.68 bits per heavy atom. The maximum Gasteiger partial charge on any atom is 0.161 e. The van der Waals surface area contributed by atoms with Gasteiger partial charge in [0.15, 0.2) is 11.5 Å². The fourth-order valence-corrected chi connectivity index (χ4v) is 3.73. The smallest absolute Gasteiger partial charge is 0.161 e. The minimum atomic E-state index is 0.575. The van der Waals surface area contributed by atoms with E-state index >= 15 is 0 Å².